The minimum Gasteiger partial charge on any atom is -0.544 e. The van der Waals surface area contributed by atoms with Gasteiger partial charge in [0.15, 0.2) is 17.2 Å². The zero-order chi connectivity index (χ0) is 27.8. The van der Waals surface area contributed by atoms with Crippen LogP contribution in [0.2, 0.25) is 0 Å². The molecule has 0 aliphatic carbocycles. The molecule has 37 heavy (non-hydrogen) atoms. The van der Waals surface area contributed by atoms with Gasteiger partial charge in [-0.2, -0.15) is 0 Å². The molecule has 0 amide bonds. The fourth-order valence-corrected chi connectivity index (χ4v) is 5.62. The molecule has 0 atom stereocenters. The Bertz CT molecular complexity index is 1330. The summed E-state index contributed by atoms with van der Waals surface area (Å²) in [4.78, 5) is 0. The van der Waals surface area contributed by atoms with E-state index in [-0.39, 0.29) is 29.2 Å². The normalized spacial score (nSPS) is 14.4. The lowest BCUT2D eigenvalue weighted by Crippen LogP contribution is -2.24. The van der Waals surface area contributed by atoms with E-state index in [1.54, 1.807) is 4.52 Å². The number of H-pyrrole nitrogens is 1. The molecule has 8 nitrogen and oxygen atoms in total. The van der Waals surface area contributed by atoms with Gasteiger partial charge >= 0.3 is 0 Å². The summed E-state index contributed by atoms with van der Waals surface area (Å²) in [6, 6.07) is 7.62. The van der Waals surface area contributed by atoms with E-state index in [1.807, 2.05) is 24.3 Å². The number of methoxy groups -OCH3 is 1. The first-order chi connectivity index (χ1) is 16.9. The van der Waals surface area contributed by atoms with Gasteiger partial charge in [-0.05, 0) is 45.8 Å². The average Bonchev–Trinajstić information content (AvgIpc) is 3.33. The van der Waals surface area contributed by atoms with E-state index < -0.39 is 15.2 Å². The Balaban J connectivity index is 1.76. The molecule has 0 fully saturated rings. The maximum atomic E-state index is 12.8. The van der Waals surface area contributed by atoms with Crippen molar-refractivity contribution >= 4 is 39.7 Å². The highest BCUT2D eigenvalue weighted by Crippen LogP contribution is 2.40. The number of halogens is 2. The smallest absolute Gasteiger partial charge is 0.177 e. The number of fused-ring (bicyclic) bond motifs is 1. The summed E-state index contributed by atoms with van der Waals surface area (Å²) in [6.45, 7) is 17.1. The van der Waals surface area contributed by atoms with Gasteiger partial charge < -0.3 is 17.5 Å². The van der Waals surface area contributed by atoms with Crippen LogP contribution in [0.5, 0.6) is 11.5 Å². The number of hydrogen-bond acceptors (Lipinski definition) is 7. The molecule has 3 aromatic rings. The van der Waals surface area contributed by atoms with Crippen molar-refractivity contribution in [2.45, 2.75) is 83.4 Å². The van der Waals surface area contributed by atoms with Gasteiger partial charge in [0.25, 0.3) is 0 Å². The summed E-state index contributed by atoms with van der Waals surface area (Å²) in [5.74, 6) is 1.36. The minimum atomic E-state index is -2.04. The molecule has 206 valence electrons. The van der Waals surface area contributed by atoms with Crippen LogP contribution in [0.3, 0.4) is 0 Å². The van der Waals surface area contributed by atoms with E-state index in [9.17, 15) is 4.21 Å². The molecule has 3 rings (SSSR count). The highest BCUT2D eigenvalue weighted by atomic mass is 35.5. The summed E-state index contributed by atoms with van der Waals surface area (Å²) < 4.78 is 28.3. The van der Waals surface area contributed by atoms with Crippen LogP contribution in [0.4, 0.5) is 0 Å². The van der Waals surface area contributed by atoms with E-state index in [0.29, 0.717) is 23.0 Å². The molecule has 0 bridgehead atoms. The third-order valence-electron chi connectivity index (χ3n) is 5.97. The van der Waals surface area contributed by atoms with Crippen molar-refractivity contribution in [2.24, 2.45) is 9.78 Å². The van der Waals surface area contributed by atoms with Crippen molar-refractivity contribution in [1.82, 2.24) is 19.8 Å². The summed E-state index contributed by atoms with van der Waals surface area (Å²) >= 11 is 13.1. The van der Waals surface area contributed by atoms with Crippen LogP contribution in [-0.4, -0.2) is 37.8 Å². The van der Waals surface area contributed by atoms with Crippen molar-refractivity contribution < 1.29 is 13.1 Å². The fourth-order valence-electron chi connectivity index (χ4n) is 4.45. The highest BCUT2D eigenvalue weighted by molar-refractivity contribution is 7.70. The monoisotopic (exact) mass is 570 g/mol. The maximum Gasteiger partial charge on any atom is 0.177 e. The van der Waals surface area contributed by atoms with E-state index in [2.05, 4.69) is 75.0 Å². The van der Waals surface area contributed by atoms with Gasteiger partial charge in [-0.15, -0.1) is 10.2 Å². The third-order valence-corrected chi connectivity index (χ3v) is 7.13. The molecule has 0 aliphatic heterocycles. The van der Waals surface area contributed by atoms with Crippen molar-refractivity contribution in [2.75, 3.05) is 13.7 Å². The Hall–Kier alpha value is -1.97. The molecule has 0 radical (unpaired) electrons. The van der Waals surface area contributed by atoms with Crippen LogP contribution in [-0.2, 0) is 32.3 Å². The summed E-state index contributed by atoms with van der Waals surface area (Å²) in [6.07, 6.45) is 1.09. The Morgan fingerprint density at radius 2 is 1.70 bits per heavy atom. The molecule has 0 unspecified atom stereocenters. The predicted molar refractivity (Wildman–Crippen MR) is 150 cm³/mol. The molecule has 2 aromatic heterocycles. The standard InChI is InChI=1S/C26H38Cl2N5O3S/c1-23(2,3)15-25(7,8)17-10-11-18(35-9)19(12-17)36-37(34)29-16-26(27,28)14-22-31-30-21-13-20(24(4,5)6)32-33(21)22/h10-13,32H,14-16H2,1-9H3/q-1. The second kappa shape index (κ2) is 10.7. The van der Waals surface area contributed by atoms with E-state index in [1.165, 1.54) is 7.11 Å². The zero-order valence-corrected chi connectivity index (χ0v) is 25.4. The largest absolute Gasteiger partial charge is 0.544 e. The number of hydrogen-bond donors (Lipinski definition) is 1. The number of rotatable bonds is 9. The third kappa shape index (κ3) is 7.77. The highest BCUT2D eigenvalue weighted by Gasteiger charge is 2.29. The molecule has 1 N–H and O–H groups in total. The Morgan fingerprint density at radius 1 is 1.03 bits per heavy atom. The first-order valence-corrected chi connectivity index (χ1v) is 14.0. The number of ether oxygens (including phenoxy) is 1. The molecule has 0 saturated carbocycles. The first kappa shape index (κ1) is 29.6. The summed E-state index contributed by atoms with van der Waals surface area (Å²) in [7, 11) is -0.504. The number of benzene rings is 1. The fraction of sp³-hybridized carbons (Fsp3) is 0.615. The molecule has 0 saturated heterocycles. The van der Waals surface area contributed by atoms with Crippen LogP contribution in [0, 0.1) is 5.41 Å². The van der Waals surface area contributed by atoms with Gasteiger partial charge in [0.2, 0.25) is 0 Å². The van der Waals surface area contributed by atoms with E-state index in [4.69, 9.17) is 32.1 Å². The SMILES string of the molecule is COc1ccc(C(C)(C)CC(C)(C)C)cc1O[S-](=O)=NCC(Cl)(Cl)Cc1nnc2cc(C(C)(C)C)[nH]n12. The molecule has 1 aromatic carbocycles. The van der Waals surface area contributed by atoms with E-state index >= 15 is 0 Å². The number of aromatic amines is 1. The average molecular weight is 572 g/mol. The predicted octanol–water partition coefficient (Wildman–Crippen LogP) is 6.94. The summed E-state index contributed by atoms with van der Waals surface area (Å²) in [5, 5.41) is 11.7. The molecular formula is C26H38Cl2N5O3S-. The lowest BCUT2D eigenvalue weighted by atomic mass is 9.72. The minimum absolute atomic E-state index is 0.0825. The quantitative estimate of drug-likeness (QED) is 0.222. The molecule has 2 heterocycles. The number of aromatic nitrogens is 4. The number of alkyl halides is 2. The summed E-state index contributed by atoms with van der Waals surface area (Å²) in [5.41, 5.74) is 2.66. The van der Waals surface area contributed by atoms with Crippen LogP contribution in [0.15, 0.2) is 28.6 Å². The number of nitrogens with zero attached hydrogens (tertiary/aromatic N) is 4. The lowest BCUT2D eigenvalue weighted by molar-refractivity contribution is 0.283. The first-order valence-electron chi connectivity index (χ1n) is 12.2. The van der Waals surface area contributed by atoms with Gasteiger partial charge in [-0.25, -0.2) is 4.52 Å². The topological polar surface area (TPSA) is 93.9 Å². The Labute approximate surface area is 231 Å². The Kier molecular flexibility index (Phi) is 8.52. The van der Waals surface area contributed by atoms with Crippen molar-refractivity contribution in [3.63, 3.8) is 0 Å². The molecular weight excluding hydrogens is 533 g/mol. The molecule has 11 heteroatoms. The zero-order valence-electron chi connectivity index (χ0n) is 23.1. The van der Waals surface area contributed by atoms with Crippen molar-refractivity contribution in [3.05, 3.63) is 41.3 Å². The van der Waals surface area contributed by atoms with Crippen LogP contribution in [0.25, 0.3) is 5.65 Å². The van der Waals surface area contributed by atoms with Gasteiger partial charge in [0.05, 0.1) is 7.11 Å². The Morgan fingerprint density at radius 3 is 2.30 bits per heavy atom. The second-order valence-corrected chi connectivity index (χ2v) is 14.8. The van der Waals surface area contributed by atoms with Crippen molar-refractivity contribution in [1.29, 1.82) is 0 Å². The molecule has 0 aliphatic rings. The van der Waals surface area contributed by atoms with Gasteiger partial charge in [0.1, 0.15) is 10.1 Å². The van der Waals surface area contributed by atoms with E-state index in [0.717, 1.165) is 17.7 Å². The van der Waals surface area contributed by atoms with Crippen LogP contribution < -0.4 is 8.92 Å². The second-order valence-electron chi connectivity index (χ2n) is 12.3. The maximum absolute atomic E-state index is 12.8. The lowest BCUT2D eigenvalue weighted by Gasteiger charge is -2.33. The van der Waals surface area contributed by atoms with Crippen LogP contribution in [0.1, 0.15) is 78.9 Å². The van der Waals surface area contributed by atoms with Crippen LogP contribution >= 0.6 is 23.2 Å². The van der Waals surface area contributed by atoms with Crippen molar-refractivity contribution in [3.8, 4) is 11.5 Å². The molecule has 0 spiro atoms. The van der Waals surface area contributed by atoms with Gasteiger partial charge in [-0.1, -0.05) is 84.7 Å². The van der Waals surface area contributed by atoms with Gasteiger partial charge in [0, 0.05) is 30.1 Å². The number of nitrogens with one attached hydrogen (secondary N) is 1. The van der Waals surface area contributed by atoms with Gasteiger partial charge in [-0.3, -0.25) is 5.10 Å².